The minimum Gasteiger partial charge on any atom is -0.368 e. The maximum atomic E-state index is 12.4. The van der Waals surface area contributed by atoms with E-state index in [4.69, 9.17) is 11.5 Å². The van der Waals surface area contributed by atoms with Gasteiger partial charge in [-0.05, 0) is 38.1 Å². The van der Waals surface area contributed by atoms with Gasteiger partial charge in [0.05, 0.1) is 0 Å². The van der Waals surface area contributed by atoms with E-state index in [0.29, 0.717) is 19.5 Å². The second-order valence-corrected chi connectivity index (χ2v) is 5.13. The second kappa shape index (κ2) is 6.38. The lowest BCUT2D eigenvalue weighted by atomic mass is 9.94. The number of amides is 2. The Bertz CT molecular complexity index is 324. The van der Waals surface area contributed by atoms with Crippen LogP contribution in [0.15, 0.2) is 0 Å². The van der Waals surface area contributed by atoms with Gasteiger partial charge in [-0.3, -0.25) is 9.59 Å². The van der Waals surface area contributed by atoms with E-state index in [1.54, 1.807) is 4.90 Å². The number of likely N-dealkylation sites (tertiary alicyclic amines) is 1. The van der Waals surface area contributed by atoms with Crippen LogP contribution in [-0.2, 0) is 9.59 Å². The Morgan fingerprint density at radius 3 is 2.50 bits per heavy atom. The molecule has 1 heterocycles. The SMILES string of the molecule is Cl.NC[C@H]1CCC[C@H]1C(=O)N1CCCC1C(N)=O. The smallest absolute Gasteiger partial charge is 0.240 e. The van der Waals surface area contributed by atoms with Gasteiger partial charge in [0.1, 0.15) is 6.04 Å². The topological polar surface area (TPSA) is 89.4 Å². The van der Waals surface area contributed by atoms with Crippen LogP contribution in [0.4, 0.5) is 0 Å². The lowest BCUT2D eigenvalue weighted by Crippen LogP contribution is -2.47. The predicted octanol–water partition coefficient (Wildman–Crippen LogP) is 0.260. The van der Waals surface area contributed by atoms with Crippen LogP contribution in [0, 0.1) is 11.8 Å². The molecule has 18 heavy (non-hydrogen) atoms. The summed E-state index contributed by atoms with van der Waals surface area (Å²) in [7, 11) is 0. The van der Waals surface area contributed by atoms with Crippen LogP contribution < -0.4 is 11.5 Å². The third-order valence-corrected chi connectivity index (χ3v) is 4.14. The van der Waals surface area contributed by atoms with E-state index in [9.17, 15) is 9.59 Å². The van der Waals surface area contributed by atoms with E-state index in [1.165, 1.54) is 0 Å². The Hall–Kier alpha value is -0.810. The van der Waals surface area contributed by atoms with Gasteiger partial charge in [-0.2, -0.15) is 0 Å². The van der Waals surface area contributed by atoms with Crippen molar-refractivity contribution in [3.05, 3.63) is 0 Å². The summed E-state index contributed by atoms with van der Waals surface area (Å²) in [5.74, 6) is 0.0222. The van der Waals surface area contributed by atoms with Crippen molar-refractivity contribution in [2.45, 2.75) is 38.1 Å². The van der Waals surface area contributed by atoms with Crippen LogP contribution in [0.25, 0.3) is 0 Å². The molecule has 5 nitrogen and oxygen atoms in total. The molecule has 2 amide bonds. The number of rotatable bonds is 3. The molecule has 2 aliphatic rings. The van der Waals surface area contributed by atoms with Crippen molar-refractivity contribution in [2.75, 3.05) is 13.1 Å². The molecule has 2 fully saturated rings. The number of carbonyl (C=O) groups excluding carboxylic acids is 2. The molecule has 0 spiro atoms. The van der Waals surface area contributed by atoms with Crippen molar-refractivity contribution >= 4 is 24.2 Å². The fourth-order valence-corrected chi connectivity index (χ4v) is 3.18. The maximum absolute atomic E-state index is 12.4. The third-order valence-electron chi connectivity index (χ3n) is 4.14. The zero-order chi connectivity index (χ0) is 12.4. The van der Waals surface area contributed by atoms with Crippen molar-refractivity contribution in [3.63, 3.8) is 0 Å². The minimum absolute atomic E-state index is 0. The first-order chi connectivity index (χ1) is 8.15. The van der Waals surface area contributed by atoms with Crippen molar-refractivity contribution < 1.29 is 9.59 Å². The number of nitrogens with zero attached hydrogens (tertiary/aromatic N) is 1. The number of nitrogens with two attached hydrogens (primary N) is 2. The molecule has 0 radical (unpaired) electrons. The summed E-state index contributed by atoms with van der Waals surface area (Å²) in [6, 6.07) is -0.387. The van der Waals surface area contributed by atoms with Crippen LogP contribution in [-0.4, -0.2) is 35.8 Å². The second-order valence-electron chi connectivity index (χ2n) is 5.13. The first-order valence-corrected chi connectivity index (χ1v) is 6.45. The highest BCUT2D eigenvalue weighted by molar-refractivity contribution is 5.88. The molecule has 1 aliphatic carbocycles. The van der Waals surface area contributed by atoms with Crippen molar-refractivity contribution in [2.24, 2.45) is 23.3 Å². The Labute approximate surface area is 114 Å². The highest BCUT2D eigenvalue weighted by Crippen LogP contribution is 2.34. The molecule has 0 aromatic heterocycles. The van der Waals surface area contributed by atoms with Crippen LogP contribution in [0.3, 0.4) is 0 Å². The summed E-state index contributed by atoms with van der Waals surface area (Å²) < 4.78 is 0. The van der Waals surface area contributed by atoms with Crippen LogP contribution in [0.2, 0.25) is 0 Å². The highest BCUT2D eigenvalue weighted by Gasteiger charge is 2.40. The van der Waals surface area contributed by atoms with Gasteiger partial charge in [0, 0.05) is 12.5 Å². The van der Waals surface area contributed by atoms with Gasteiger partial charge in [-0.15, -0.1) is 12.4 Å². The van der Waals surface area contributed by atoms with Crippen molar-refractivity contribution in [1.29, 1.82) is 0 Å². The number of hydrogen-bond donors (Lipinski definition) is 2. The van der Waals surface area contributed by atoms with Crippen LogP contribution in [0.5, 0.6) is 0 Å². The molecule has 3 atom stereocenters. The molecule has 1 aliphatic heterocycles. The summed E-state index contributed by atoms with van der Waals surface area (Å²) >= 11 is 0. The Balaban J connectivity index is 0.00000162. The first-order valence-electron chi connectivity index (χ1n) is 6.45. The van der Waals surface area contributed by atoms with E-state index < -0.39 is 0 Å². The summed E-state index contributed by atoms with van der Waals surface area (Å²) in [5.41, 5.74) is 11.0. The van der Waals surface area contributed by atoms with E-state index in [-0.39, 0.29) is 42.1 Å². The van der Waals surface area contributed by atoms with Gasteiger partial charge in [-0.1, -0.05) is 6.42 Å². The Kier molecular flexibility index (Phi) is 5.41. The van der Waals surface area contributed by atoms with Gasteiger partial charge in [0.25, 0.3) is 0 Å². The third kappa shape index (κ3) is 2.78. The van der Waals surface area contributed by atoms with Gasteiger partial charge in [0.15, 0.2) is 0 Å². The molecule has 0 aromatic carbocycles. The molecule has 1 saturated heterocycles. The fraction of sp³-hybridized carbons (Fsp3) is 0.833. The fourth-order valence-electron chi connectivity index (χ4n) is 3.18. The molecular formula is C12H22ClN3O2. The molecule has 0 bridgehead atoms. The normalized spacial score (nSPS) is 31.2. The number of carbonyl (C=O) groups is 2. The van der Waals surface area contributed by atoms with Gasteiger partial charge in [-0.25, -0.2) is 0 Å². The quantitative estimate of drug-likeness (QED) is 0.774. The molecule has 1 saturated carbocycles. The molecule has 104 valence electrons. The molecular weight excluding hydrogens is 254 g/mol. The van der Waals surface area contributed by atoms with Gasteiger partial charge >= 0.3 is 0 Å². The summed E-state index contributed by atoms with van der Waals surface area (Å²) in [5, 5.41) is 0. The van der Waals surface area contributed by atoms with Gasteiger partial charge in [0.2, 0.25) is 11.8 Å². The van der Waals surface area contributed by atoms with Crippen molar-refractivity contribution in [1.82, 2.24) is 4.90 Å². The molecule has 4 N–H and O–H groups in total. The van der Waals surface area contributed by atoms with E-state index in [0.717, 1.165) is 25.7 Å². The highest BCUT2D eigenvalue weighted by atomic mass is 35.5. The monoisotopic (exact) mass is 275 g/mol. The molecule has 0 aromatic rings. The maximum Gasteiger partial charge on any atom is 0.240 e. The molecule has 1 unspecified atom stereocenters. The number of primary amides is 1. The summed E-state index contributed by atoms with van der Waals surface area (Å²) in [4.78, 5) is 25.4. The lowest BCUT2D eigenvalue weighted by Gasteiger charge is -2.27. The number of halogens is 1. The Morgan fingerprint density at radius 2 is 1.89 bits per heavy atom. The summed E-state index contributed by atoms with van der Waals surface area (Å²) in [6.07, 6.45) is 4.58. The zero-order valence-corrected chi connectivity index (χ0v) is 11.3. The lowest BCUT2D eigenvalue weighted by molar-refractivity contribution is -0.141. The average molecular weight is 276 g/mol. The van der Waals surface area contributed by atoms with Crippen molar-refractivity contribution in [3.8, 4) is 0 Å². The zero-order valence-electron chi connectivity index (χ0n) is 10.5. The first kappa shape index (κ1) is 15.2. The van der Waals surface area contributed by atoms with Crippen LogP contribution >= 0.6 is 12.4 Å². The Morgan fingerprint density at radius 1 is 1.17 bits per heavy atom. The van der Waals surface area contributed by atoms with Gasteiger partial charge < -0.3 is 16.4 Å². The van der Waals surface area contributed by atoms with Crippen LogP contribution in [0.1, 0.15) is 32.1 Å². The standard InChI is InChI=1S/C12H21N3O2.ClH/c13-7-8-3-1-4-9(8)12(17)15-6-2-5-10(15)11(14)16;/h8-10H,1-7,13H2,(H2,14,16);1H/t8-,9-,10?;/m1./s1. The largest absolute Gasteiger partial charge is 0.368 e. The molecule has 2 rings (SSSR count). The molecule has 6 heteroatoms. The predicted molar refractivity (Wildman–Crippen MR) is 71.1 cm³/mol. The minimum atomic E-state index is -0.387. The number of hydrogen-bond acceptors (Lipinski definition) is 3. The average Bonchev–Trinajstić information content (AvgIpc) is 2.96. The van der Waals surface area contributed by atoms with E-state index in [2.05, 4.69) is 0 Å². The van der Waals surface area contributed by atoms with E-state index in [1.807, 2.05) is 0 Å². The van der Waals surface area contributed by atoms with E-state index >= 15 is 0 Å². The summed E-state index contributed by atoms with van der Waals surface area (Å²) in [6.45, 7) is 1.23.